The molecule has 1 atom stereocenters. The summed E-state index contributed by atoms with van der Waals surface area (Å²) in [7, 11) is 0. The van der Waals surface area contributed by atoms with Gasteiger partial charge in [0.25, 0.3) is 0 Å². The monoisotopic (exact) mass is 294 g/mol. The van der Waals surface area contributed by atoms with Crippen LogP contribution in [0.3, 0.4) is 0 Å². The SMILES string of the molecule is CC(CNC(=O)NC12CC3CC(CC(C3)C1)C2)C(N)=NO. The molecule has 4 fully saturated rings. The van der Waals surface area contributed by atoms with Gasteiger partial charge in [0.05, 0.1) is 0 Å². The molecule has 4 saturated carbocycles. The second-order valence-electron chi connectivity index (χ2n) is 7.46. The normalized spacial score (nSPS) is 39.1. The quantitative estimate of drug-likeness (QED) is 0.274. The lowest BCUT2D eigenvalue weighted by molar-refractivity contribution is -0.0135. The highest BCUT2D eigenvalue weighted by atomic mass is 16.4. The maximum Gasteiger partial charge on any atom is 0.315 e. The number of hydrogen-bond acceptors (Lipinski definition) is 3. The Bertz CT molecular complexity index is 414. The van der Waals surface area contributed by atoms with Gasteiger partial charge in [-0.1, -0.05) is 12.1 Å². The van der Waals surface area contributed by atoms with Crippen LogP contribution < -0.4 is 16.4 Å². The third-order valence-corrected chi connectivity index (χ3v) is 5.61. The Labute approximate surface area is 125 Å². The zero-order valence-electron chi connectivity index (χ0n) is 12.6. The largest absolute Gasteiger partial charge is 0.409 e. The Balaban J connectivity index is 1.53. The van der Waals surface area contributed by atoms with Crippen molar-refractivity contribution in [3.8, 4) is 0 Å². The summed E-state index contributed by atoms with van der Waals surface area (Å²) in [6, 6.07) is -0.116. The van der Waals surface area contributed by atoms with Crippen LogP contribution >= 0.6 is 0 Å². The first-order chi connectivity index (χ1) is 9.99. The summed E-state index contributed by atoms with van der Waals surface area (Å²) in [5.41, 5.74) is 5.55. The van der Waals surface area contributed by atoms with E-state index in [1.807, 2.05) is 6.92 Å². The van der Waals surface area contributed by atoms with E-state index in [1.54, 1.807) is 0 Å². The zero-order chi connectivity index (χ0) is 15.0. The molecule has 2 amide bonds. The summed E-state index contributed by atoms with van der Waals surface area (Å²) in [5.74, 6) is 2.41. The van der Waals surface area contributed by atoms with Gasteiger partial charge in [0, 0.05) is 18.0 Å². The highest BCUT2D eigenvalue weighted by Gasteiger charge is 2.51. The molecule has 118 valence electrons. The topological polar surface area (TPSA) is 99.7 Å². The molecule has 0 radical (unpaired) electrons. The van der Waals surface area contributed by atoms with E-state index in [-0.39, 0.29) is 23.3 Å². The van der Waals surface area contributed by atoms with Crippen LogP contribution in [0.25, 0.3) is 0 Å². The summed E-state index contributed by atoms with van der Waals surface area (Å²) in [6.07, 6.45) is 7.52. The van der Waals surface area contributed by atoms with Crippen LogP contribution in [0.5, 0.6) is 0 Å². The average molecular weight is 294 g/mol. The molecule has 0 spiro atoms. The Morgan fingerprint density at radius 3 is 2.29 bits per heavy atom. The van der Waals surface area contributed by atoms with Crippen molar-refractivity contribution in [1.82, 2.24) is 10.6 Å². The molecule has 6 heteroatoms. The van der Waals surface area contributed by atoms with E-state index in [4.69, 9.17) is 10.9 Å². The van der Waals surface area contributed by atoms with Gasteiger partial charge in [-0.2, -0.15) is 0 Å². The van der Waals surface area contributed by atoms with Gasteiger partial charge in [-0.3, -0.25) is 0 Å². The van der Waals surface area contributed by atoms with Gasteiger partial charge in [0.15, 0.2) is 0 Å². The highest BCUT2D eigenvalue weighted by Crippen LogP contribution is 2.55. The fraction of sp³-hybridized carbons (Fsp3) is 0.867. The van der Waals surface area contributed by atoms with Gasteiger partial charge in [-0.15, -0.1) is 0 Å². The summed E-state index contributed by atoms with van der Waals surface area (Å²) in [6.45, 7) is 2.20. The van der Waals surface area contributed by atoms with Crippen molar-refractivity contribution in [2.75, 3.05) is 6.54 Å². The second-order valence-corrected chi connectivity index (χ2v) is 7.46. The van der Waals surface area contributed by atoms with Crippen LogP contribution in [0.2, 0.25) is 0 Å². The third kappa shape index (κ3) is 2.94. The Kier molecular flexibility index (Phi) is 3.71. The van der Waals surface area contributed by atoms with Crippen LogP contribution in [0.4, 0.5) is 4.79 Å². The average Bonchev–Trinajstić information content (AvgIpc) is 2.41. The van der Waals surface area contributed by atoms with Crippen molar-refractivity contribution < 1.29 is 10.0 Å². The molecule has 0 aromatic rings. The minimum Gasteiger partial charge on any atom is -0.409 e. The Hall–Kier alpha value is -1.46. The van der Waals surface area contributed by atoms with Crippen LogP contribution in [0.15, 0.2) is 5.16 Å². The molecular weight excluding hydrogens is 268 g/mol. The molecule has 4 bridgehead atoms. The molecule has 4 aliphatic carbocycles. The molecule has 5 N–H and O–H groups in total. The van der Waals surface area contributed by atoms with Crippen molar-refractivity contribution in [2.24, 2.45) is 34.6 Å². The fourth-order valence-electron chi connectivity index (χ4n) is 5.00. The minimum absolute atomic E-state index is 0.0265. The number of nitrogens with one attached hydrogen (secondary N) is 2. The van der Waals surface area contributed by atoms with E-state index in [0.717, 1.165) is 37.0 Å². The van der Waals surface area contributed by atoms with E-state index < -0.39 is 0 Å². The summed E-state index contributed by atoms with van der Waals surface area (Å²) in [4.78, 5) is 12.2. The van der Waals surface area contributed by atoms with Gasteiger partial charge in [-0.25, -0.2) is 4.79 Å². The van der Waals surface area contributed by atoms with Crippen molar-refractivity contribution >= 4 is 11.9 Å². The number of nitrogens with two attached hydrogens (primary N) is 1. The molecule has 0 aromatic carbocycles. The summed E-state index contributed by atoms with van der Waals surface area (Å²) in [5, 5.41) is 17.7. The molecule has 1 unspecified atom stereocenters. The van der Waals surface area contributed by atoms with Gasteiger partial charge >= 0.3 is 6.03 Å². The van der Waals surface area contributed by atoms with Crippen LogP contribution in [-0.2, 0) is 0 Å². The van der Waals surface area contributed by atoms with E-state index >= 15 is 0 Å². The number of nitrogens with zero attached hydrogens (tertiary/aromatic N) is 1. The maximum atomic E-state index is 12.2. The van der Waals surface area contributed by atoms with E-state index in [2.05, 4.69) is 15.8 Å². The van der Waals surface area contributed by atoms with Crippen molar-refractivity contribution in [1.29, 1.82) is 0 Å². The fourth-order valence-corrected chi connectivity index (χ4v) is 5.00. The van der Waals surface area contributed by atoms with Crippen molar-refractivity contribution in [3.63, 3.8) is 0 Å². The van der Waals surface area contributed by atoms with Crippen LogP contribution in [0.1, 0.15) is 45.4 Å². The molecule has 0 aromatic heterocycles. The van der Waals surface area contributed by atoms with E-state index in [0.29, 0.717) is 6.54 Å². The zero-order valence-corrected chi connectivity index (χ0v) is 12.6. The first kappa shape index (κ1) is 14.5. The number of amidine groups is 1. The number of amides is 2. The standard InChI is InChI=1S/C15H26N4O2/c1-9(13(16)19-21)8-17-14(20)18-15-5-10-2-11(6-15)4-12(3-10)7-15/h9-12,21H,2-8H2,1H3,(H2,16,19)(H2,17,18,20). The lowest BCUT2D eigenvalue weighted by atomic mass is 9.53. The summed E-state index contributed by atoms with van der Waals surface area (Å²) >= 11 is 0. The third-order valence-electron chi connectivity index (χ3n) is 5.61. The second kappa shape index (κ2) is 5.39. The molecule has 4 rings (SSSR count). The van der Waals surface area contributed by atoms with E-state index in [9.17, 15) is 4.79 Å². The number of urea groups is 1. The number of hydrogen-bond donors (Lipinski definition) is 4. The first-order valence-corrected chi connectivity index (χ1v) is 8.03. The molecule has 6 nitrogen and oxygen atoms in total. The Morgan fingerprint density at radius 2 is 1.81 bits per heavy atom. The van der Waals surface area contributed by atoms with E-state index in [1.165, 1.54) is 19.3 Å². The molecule has 0 heterocycles. The Morgan fingerprint density at radius 1 is 1.29 bits per heavy atom. The highest BCUT2D eigenvalue weighted by molar-refractivity contribution is 5.83. The van der Waals surface area contributed by atoms with Crippen molar-refractivity contribution in [3.05, 3.63) is 0 Å². The molecule has 0 aliphatic heterocycles. The lowest BCUT2D eigenvalue weighted by Gasteiger charge is -2.56. The number of carbonyl (C=O) groups is 1. The molecule has 0 saturated heterocycles. The van der Waals surface area contributed by atoms with Gasteiger partial charge in [0.1, 0.15) is 5.84 Å². The minimum atomic E-state index is -0.169. The predicted octanol–water partition coefficient (Wildman–Crippen LogP) is 1.64. The lowest BCUT2D eigenvalue weighted by Crippen LogP contribution is -2.61. The number of oxime groups is 1. The van der Waals surface area contributed by atoms with Crippen LogP contribution in [-0.4, -0.2) is 29.2 Å². The number of rotatable bonds is 4. The smallest absolute Gasteiger partial charge is 0.315 e. The van der Waals surface area contributed by atoms with Crippen LogP contribution in [0, 0.1) is 23.7 Å². The molecule has 4 aliphatic rings. The maximum absolute atomic E-state index is 12.2. The predicted molar refractivity (Wildman–Crippen MR) is 80.0 cm³/mol. The van der Waals surface area contributed by atoms with Crippen molar-refractivity contribution in [2.45, 2.75) is 51.0 Å². The van der Waals surface area contributed by atoms with Gasteiger partial charge < -0.3 is 21.6 Å². The first-order valence-electron chi connectivity index (χ1n) is 8.03. The van der Waals surface area contributed by atoms with Gasteiger partial charge in [-0.05, 0) is 56.3 Å². The summed E-state index contributed by atoms with van der Waals surface area (Å²) < 4.78 is 0. The molecular formula is C15H26N4O2. The number of carbonyl (C=O) groups excluding carboxylic acids is 1. The van der Waals surface area contributed by atoms with Gasteiger partial charge in [0.2, 0.25) is 0 Å². The molecule has 21 heavy (non-hydrogen) atoms.